The van der Waals surface area contributed by atoms with Crippen molar-refractivity contribution in [1.29, 1.82) is 0 Å². The number of benzene rings is 2. The van der Waals surface area contributed by atoms with Gasteiger partial charge in [0, 0.05) is 18.8 Å². The minimum atomic E-state index is -0.260. The van der Waals surface area contributed by atoms with E-state index in [1.165, 1.54) is 10.7 Å². The Balaban J connectivity index is 1.64. The lowest BCUT2D eigenvalue weighted by molar-refractivity contribution is 0.0950. The van der Waals surface area contributed by atoms with E-state index < -0.39 is 0 Å². The van der Waals surface area contributed by atoms with Crippen LogP contribution < -0.4 is 10.9 Å². The van der Waals surface area contributed by atoms with Crippen molar-refractivity contribution in [2.75, 3.05) is 0 Å². The van der Waals surface area contributed by atoms with Crippen LogP contribution in [0.15, 0.2) is 89.9 Å². The molecule has 0 saturated carbocycles. The van der Waals surface area contributed by atoms with Gasteiger partial charge >= 0.3 is 0 Å². The van der Waals surface area contributed by atoms with Gasteiger partial charge in [-0.25, -0.2) is 4.68 Å². The number of pyridine rings is 1. The highest BCUT2D eigenvalue weighted by atomic mass is 16.2. The summed E-state index contributed by atoms with van der Waals surface area (Å²) in [5.74, 6) is -0.250. The number of nitrogens with one attached hydrogen (secondary N) is 2. The Morgan fingerprint density at radius 2 is 1.71 bits per heavy atom. The number of nitrogens with zero attached hydrogens (tertiary/aromatic N) is 2. The smallest absolute Gasteiger partial charge is 0.271 e. The molecule has 0 spiro atoms. The van der Waals surface area contributed by atoms with Crippen LogP contribution in [0.2, 0.25) is 0 Å². The van der Waals surface area contributed by atoms with Crippen LogP contribution in [0, 0.1) is 0 Å². The van der Waals surface area contributed by atoms with Gasteiger partial charge in [0.15, 0.2) is 0 Å². The third kappa shape index (κ3) is 3.61. The van der Waals surface area contributed by atoms with Crippen molar-refractivity contribution >= 4 is 5.91 Å². The standard InChI is InChI=1S/C22H18N4O2/c27-21-14-19(18-11-6-7-13-23-18)25-26(21)20-12-5-4-10-17(20)22(28)24-15-16-8-2-1-3-9-16/h1-14,25H,15H2,(H,24,28). The lowest BCUT2D eigenvalue weighted by Gasteiger charge is -2.10. The Kier molecular flexibility index (Phi) is 4.84. The van der Waals surface area contributed by atoms with Gasteiger partial charge in [0.2, 0.25) is 0 Å². The van der Waals surface area contributed by atoms with E-state index in [4.69, 9.17) is 0 Å². The Labute approximate surface area is 161 Å². The largest absolute Gasteiger partial charge is 0.348 e. The molecule has 6 nitrogen and oxygen atoms in total. The number of carbonyl (C=O) groups excluding carboxylic acids is 1. The van der Waals surface area contributed by atoms with E-state index in [9.17, 15) is 9.59 Å². The Hall–Kier alpha value is -3.93. The molecule has 0 aliphatic carbocycles. The van der Waals surface area contributed by atoms with Gasteiger partial charge in [-0.15, -0.1) is 0 Å². The molecule has 0 unspecified atom stereocenters. The zero-order chi connectivity index (χ0) is 19.3. The third-order valence-corrected chi connectivity index (χ3v) is 4.35. The van der Waals surface area contributed by atoms with E-state index in [0.29, 0.717) is 29.2 Å². The van der Waals surface area contributed by atoms with Gasteiger partial charge in [0.1, 0.15) is 0 Å². The fourth-order valence-electron chi connectivity index (χ4n) is 2.96. The summed E-state index contributed by atoms with van der Waals surface area (Å²) in [5, 5.41) is 5.95. The van der Waals surface area contributed by atoms with E-state index in [0.717, 1.165) is 5.56 Å². The molecule has 0 aliphatic heterocycles. The van der Waals surface area contributed by atoms with Crippen molar-refractivity contribution in [3.8, 4) is 17.1 Å². The first kappa shape index (κ1) is 17.5. The van der Waals surface area contributed by atoms with Crippen molar-refractivity contribution in [3.63, 3.8) is 0 Å². The first-order valence-electron chi connectivity index (χ1n) is 8.87. The average Bonchev–Trinajstić information content (AvgIpc) is 3.15. The van der Waals surface area contributed by atoms with Crippen molar-refractivity contribution in [2.45, 2.75) is 6.54 Å². The quantitative estimate of drug-likeness (QED) is 0.566. The van der Waals surface area contributed by atoms with Gasteiger partial charge < -0.3 is 5.32 Å². The summed E-state index contributed by atoms with van der Waals surface area (Å²) in [7, 11) is 0. The molecule has 0 bridgehead atoms. The number of hydrogen-bond donors (Lipinski definition) is 2. The number of amides is 1. The molecule has 2 aromatic carbocycles. The number of hydrogen-bond acceptors (Lipinski definition) is 3. The molecule has 1 amide bonds. The minimum Gasteiger partial charge on any atom is -0.348 e. The minimum absolute atomic E-state index is 0.250. The molecule has 4 aromatic rings. The maximum absolute atomic E-state index is 12.7. The Morgan fingerprint density at radius 1 is 0.964 bits per heavy atom. The molecule has 0 atom stereocenters. The van der Waals surface area contributed by atoms with Crippen LogP contribution in [0.3, 0.4) is 0 Å². The molecule has 4 rings (SSSR count). The highest BCUT2D eigenvalue weighted by Crippen LogP contribution is 2.16. The monoisotopic (exact) mass is 370 g/mol. The number of rotatable bonds is 5. The molecule has 138 valence electrons. The second-order valence-electron chi connectivity index (χ2n) is 6.24. The molecule has 0 aliphatic rings. The van der Waals surface area contributed by atoms with Crippen molar-refractivity contribution in [1.82, 2.24) is 20.1 Å². The fourth-order valence-corrected chi connectivity index (χ4v) is 2.96. The summed E-state index contributed by atoms with van der Waals surface area (Å²) in [6, 6.07) is 23.6. The predicted octanol–water partition coefficient (Wildman–Crippen LogP) is 3.16. The summed E-state index contributed by atoms with van der Waals surface area (Å²) < 4.78 is 1.36. The van der Waals surface area contributed by atoms with Gasteiger partial charge in [-0.2, -0.15) is 0 Å². The molecule has 28 heavy (non-hydrogen) atoms. The van der Waals surface area contributed by atoms with Crippen molar-refractivity contribution < 1.29 is 4.79 Å². The van der Waals surface area contributed by atoms with E-state index >= 15 is 0 Å². The molecular formula is C22H18N4O2. The number of aromatic amines is 1. The zero-order valence-corrected chi connectivity index (χ0v) is 15.0. The van der Waals surface area contributed by atoms with Crippen LogP contribution in [0.4, 0.5) is 0 Å². The summed E-state index contributed by atoms with van der Waals surface area (Å²) in [6.45, 7) is 0.410. The second kappa shape index (κ2) is 7.75. The van der Waals surface area contributed by atoms with Crippen LogP contribution in [-0.2, 0) is 6.54 Å². The van der Waals surface area contributed by atoms with Gasteiger partial charge in [-0.05, 0) is 29.8 Å². The van der Waals surface area contributed by atoms with E-state index in [1.54, 1.807) is 30.5 Å². The Bertz CT molecular complexity index is 1150. The number of para-hydroxylation sites is 1. The van der Waals surface area contributed by atoms with E-state index in [-0.39, 0.29) is 11.5 Å². The molecule has 2 heterocycles. The van der Waals surface area contributed by atoms with Gasteiger partial charge in [-0.1, -0.05) is 48.5 Å². The third-order valence-electron chi connectivity index (χ3n) is 4.35. The molecular weight excluding hydrogens is 352 g/mol. The maximum atomic E-state index is 12.7. The highest BCUT2D eigenvalue weighted by Gasteiger charge is 2.15. The molecule has 0 saturated heterocycles. The Morgan fingerprint density at radius 3 is 2.50 bits per heavy atom. The van der Waals surface area contributed by atoms with Gasteiger partial charge in [0.25, 0.3) is 11.5 Å². The summed E-state index contributed by atoms with van der Waals surface area (Å²) in [6.07, 6.45) is 1.66. The van der Waals surface area contributed by atoms with Crippen LogP contribution >= 0.6 is 0 Å². The topological polar surface area (TPSA) is 79.8 Å². The first-order chi connectivity index (χ1) is 13.7. The summed E-state index contributed by atoms with van der Waals surface area (Å²) >= 11 is 0. The molecule has 2 N–H and O–H groups in total. The summed E-state index contributed by atoms with van der Waals surface area (Å²) in [4.78, 5) is 29.5. The average molecular weight is 370 g/mol. The SMILES string of the molecule is O=C(NCc1ccccc1)c1ccccc1-n1[nH]c(-c2ccccn2)cc1=O. The van der Waals surface area contributed by atoms with Crippen LogP contribution in [0.25, 0.3) is 17.1 Å². The number of carbonyl (C=O) groups is 1. The molecule has 0 radical (unpaired) electrons. The first-order valence-corrected chi connectivity index (χ1v) is 8.87. The van der Waals surface area contributed by atoms with Crippen LogP contribution in [-0.4, -0.2) is 20.7 Å². The van der Waals surface area contributed by atoms with E-state index in [2.05, 4.69) is 15.4 Å². The lowest BCUT2D eigenvalue weighted by atomic mass is 10.1. The zero-order valence-electron chi connectivity index (χ0n) is 15.0. The highest BCUT2D eigenvalue weighted by molar-refractivity contribution is 5.97. The molecule has 0 fully saturated rings. The van der Waals surface area contributed by atoms with Crippen LogP contribution in [0.1, 0.15) is 15.9 Å². The van der Waals surface area contributed by atoms with E-state index in [1.807, 2.05) is 48.5 Å². The summed E-state index contributed by atoms with van der Waals surface area (Å²) in [5.41, 5.74) is 2.89. The second-order valence-corrected chi connectivity index (χ2v) is 6.24. The van der Waals surface area contributed by atoms with Crippen LogP contribution in [0.5, 0.6) is 0 Å². The van der Waals surface area contributed by atoms with Crippen molar-refractivity contribution in [2.24, 2.45) is 0 Å². The van der Waals surface area contributed by atoms with Gasteiger partial charge in [0.05, 0.1) is 22.6 Å². The van der Waals surface area contributed by atoms with Gasteiger partial charge in [-0.3, -0.25) is 19.7 Å². The molecule has 6 heteroatoms. The lowest BCUT2D eigenvalue weighted by Crippen LogP contribution is -2.26. The fraction of sp³-hybridized carbons (Fsp3) is 0.0455. The molecule has 2 aromatic heterocycles. The number of aromatic nitrogens is 3. The predicted molar refractivity (Wildman–Crippen MR) is 107 cm³/mol. The number of H-pyrrole nitrogens is 1. The van der Waals surface area contributed by atoms with Crippen molar-refractivity contribution in [3.05, 3.63) is 107 Å². The normalized spacial score (nSPS) is 10.6. The maximum Gasteiger partial charge on any atom is 0.271 e.